The molecule has 0 aliphatic carbocycles. The van der Waals surface area contributed by atoms with Crippen molar-refractivity contribution in [2.45, 2.75) is 13.0 Å². The predicted molar refractivity (Wildman–Crippen MR) is 51.8 cm³/mol. The zero-order valence-electron chi connectivity index (χ0n) is 7.99. The molecule has 0 spiro atoms. The molecule has 0 saturated heterocycles. The Morgan fingerprint density at radius 3 is 2.87 bits per heavy atom. The Balaban J connectivity index is 2.68. The van der Waals surface area contributed by atoms with E-state index < -0.39 is 17.7 Å². The molecule has 0 saturated carbocycles. The summed E-state index contributed by atoms with van der Waals surface area (Å²) in [6, 6.07) is 4.10. The number of fused-ring (bicyclic) bond motifs is 1. The summed E-state index contributed by atoms with van der Waals surface area (Å²) in [5.74, 6) is -1.08. The predicted octanol–water partition coefficient (Wildman–Crippen LogP) is 0.142. The first-order valence-electron chi connectivity index (χ1n) is 4.40. The zero-order valence-corrected chi connectivity index (χ0v) is 7.99. The van der Waals surface area contributed by atoms with Crippen molar-refractivity contribution in [2.75, 3.05) is 0 Å². The molecule has 2 aromatic rings. The third-order valence-corrected chi connectivity index (χ3v) is 2.17. The topological polar surface area (TPSA) is 76.6 Å². The largest absolute Gasteiger partial charge is 0.480 e. The Morgan fingerprint density at radius 2 is 2.27 bits per heavy atom. The molecule has 0 radical (unpaired) electrons. The van der Waals surface area contributed by atoms with Crippen LogP contribution in [-0.2, 0) is 4.79 Å². The van der Waals surface area contributed by atoms with Gasteiger partial charge in [-0.1, -0.05) is 6.07 Å². The third kappa shape index (κ3) is 1.39. The van der Waals surface area contributed by atoms with Crippen molar-refractivity contribution in [1.29, 1.82) is 0 Å². The van der Waals surface area contributed by atoms with Crippen LogP contribution in [0.25, 0.3) is 5.65 Å². The van der Waals surface area contributed by atoms with Crippen molar-refractivity contribution in [3.8, 4) is 0 Å². The van der Waals surface area contributed by atoms with Crippen LogP contribution in [0, 0.1) is 0 Å². The average molecular weight is 207 g/mol. The molecule has 0 aliphatic heterocycles. The van der Waals surface area contributed by atoms with E-state index in [2.05, 4.69) is 5.10 Å². The van der Waals surface area contributed by atoms with Gasteiger partial charge in [0.15, 0.2) is 11.7 Å². The number of nitrogens with zero attached hydrogens (tertiary/aromatic N) is 3. The van der Waals surface area contributed by atoms with Gasteiger partial charge in [0.25, 0.3) is 0 Å². The lowest BCUT2D eigenvalue weighted by Gasteiger charge is -2.02. The van der Waals surface area contributed by atoms with Gasteiger partial charge in [-0.25, -0.2) is 9.59 Å². The number of aromatic nitrogens is 3. The van der Waals surface area contributed by atoms with Crippen LogP contribution >= 0.6 is 0 Å². The summed E-state index contributed by atoms with van der Waals surface area (Å²) in [6.07, 6.45) is 1.55. The van der Waals surface area contributed by atoms with Gasteiger partial charge in [-0.15, -0.1) is 5.10 Å². The van der Waals surface area contributed by atoms with Crippen molar-refractivity contribution < 1.29 is 9.90 Å². The van der Waals surface area contributed by atoms with Crippen LogP contribution in [0.15, 0.2) is 29.2 Å². The van der Waals surface area contributed by atoms with Crippen LogP contribution in [0.5, 0.6) is 0 Å². The van der Waals surface area contributed by atoms with E-state index in [4.69, 9.17) is 5.11 Å². The summed E-state index contributed by atoms with van der Waals surface area (Å²) in [4.78, 5) is 22.4. The van der Waals surface area contributed by atoms with Crippen molar-refractivity contribution >= 4 is 11.6 Å². The minimum atomic E-state index is -1.08. The fourth-order valence-corrected chi connectivity index (χ4v) is 1.30. The van der Waals surface area contributed by atoms with E-state index in [9.17, 15) is 9.59 Å². The first-order valence-corrected chi connectivity index (χ1v) is 4.40. The normalized spacial score (nSPS) is 12.9. The van der Waals surface area contributed by atoms with Crippen LogP contribution in [0.2, 0.25) is 0 Å². The smallest absolute Gasteiger partial charge is 0.351 e. The summed E-state index contributed by atoms with van der Waals surface area (Å²) in [5.41, 5.74) is -0.00361. The van der Waals surface area contributed by atoms with Crippen LogP contribution < -0.4 is 5.69 Å². The summed E-state index contributed by atoms with van der Waals surface area (Å²) in [7, 11) is 0. The molecule has 0 aromatic carbocycles. The van der Waals surface area contributed by atoms with Crippen LogP contribution in [0.4, 0.5) is 0 Å². The van der Waals surface area contributed by atoms with Crippen molar-refractivity contribution in [3.63, 3.8) is 0 Å². The lowest BCUT2D eigenvalue weighted by molar-refractivity contribution is -0.140. The molecule has 15 heavy (non-hydrogen) atoms. The van der Waals surface area contributed by atoms with E-state index in [1.165, 1.54) is 11.3 Å². The highest BCUT2D eigenvalue weighted by atomic mass is 16.4. The van der Waals surface area contributed by atoms with Gasteiger partial charge in [-0.3, -0.25) is 4.40 Å². The number of pyridine rings is 1. The summed E-state index contributed by atoms with van der Waals surface area (Å²) >= 11 is 0. The molecule has 0 aliphatic rings. The van der Waals surface area contributed by atoms with E-state index >= 15 is 0 Å². The number of rotatable bonds is 2. The number of hydrogen-bond donors (Lipinski definition) is 1. The van der Waals surface area contributed by atoms with Gasteiger partial charge in [-0.2, -0.15) is 4.68 Å². The number of carboxylic acid groups (broad SMARTS) is 1. The molecule has 0 amide bonds. The lowest BCUT2D eigenvalue weighted by atomic mass is 10.4. The van der Waals surface area contributed by atoms with Crippen LogP contribution in [0.3, 0.4) is 0 Å². The fourth-order valence-electron chi connectivity index (χ4n) is 1.30. The molecule has 78 valence electrons. The Hall–Kier alpha value is -2.11. The van der Waals surface area contributed by atoms with Gasteiger partial charge in [0, 0.05) is 6.20 Å². The van der Waals surface area contributed by atoms with Gasteiger partial charge in [0.05, 0.1) is 0 Å². The Kier molecular flexibility index (Phi) is 2.03. The Morgan fingerprint density at radius 1 is 1.53 bits per heavy atom. The second-order valence-electron chi connectivity index (χ2n) is 3.17. The first-order chi connectivity index (χ1) is 7.11. The minimum absolute atomic E-state index is 0.440. The third-order valence-electron chi connectivity index (χ3n) is 2.17. The standard InChI is InChI=1S/C9H9N3O3/c1-6(8(13)14)12-9(15)11-5-3-2-4-7(11)10-12/h2-6H,1H3,(H,13,14). The Bertz CT molecular complexity index is 569. The highest BCUT2D eigenvalue weighted by Gasteiger charge is 2.18. The molecule has 2 rings (SSSR count). The lowest BCUT2D eigenvalue weighted by Crippen LogP contribution is -2.28. The van der Waals surface area contributed by atoms with Gasteiger partial charge in [0.2, 0.25) is 0 Å². The van der Waals surface area contributed by atoms with Crippen molar-refractivity contribution in [2.24, 2.45) is 0 Å². The number of aliphatic carboxylic acids is 1. The molecular formula is C9H9N3O3. The Labute approximate surface area is 84.4 Å². The van der Waals surface area contributed by atoms with Gasteiger partial charge in [-0.05, 0) is 19.1 Å². The highest BCUT2D eigenvalue weighted by molar-refractivity contribution is 5.71. The van der Waals surface area contributed by atoms with Gasteiger partial charge < -0.3 is 5.11 Å². The second kappa shape index (κ2) is 3.23. The molecule has 2 aromatic heterocycles. The maximum Gasteiger partial charge on any atom is 0.351 e. The number of carboxylic acids is 1. The number of carbonyl (C=O) groups is 1. The molecule has 6 nitrogen and oxygen atoms in total. The number of hydrogen-bond acceptors (Lipinski definition) is 3. The molecule has 1 atom stereocenters. The molecule has 6 heteroatoms. The molecule has 1 unspecified atom stereocenters. The fraction of sp³-hybridized carbons (Fsp3) is 0.222. The quantitative estimate of drug-likeness (QED) is 0.760. The van der Waals surface area contributed by atoms with E-state index in [0.29, 0.717) is 5.65 Å². The summed E-state index contributed by atoms with van der Waals surface area (Å²) < 4.78 is 2.26. The summed E-state index contributed by atoms with van der Waals surface area (Å²) in [6.45, 7) is 1.41. The minimum Gasteiger partial charge on any atom is -0.480 e. The van der Waals surface area contributed by atoms with Gasteiger partial charge >= 0.3 is 11.7 Å². The van der Waals surface area contributed by atoms with Gasteiger partial charge in [0.1, 0.15) is 0 Å². The highest BCUT2D eigenvalue weighted by Crippen LogP contribution is 2.02. The monoisotopic (exact) mass is 207 g/mol. The summed E-state index contributed by atoms with van der Waals surface area (Å²) in [5, 5.41) is 12.7. The maximum atomic E-state index is 11.7. The van der Waals surface area contributed by atoms with E-state index in [-0.39, 0.29) is 0 Å². The molecule has 2 heterocycles. The van der Waals surface area contributed by atoms with Crippen LogP contribution in [0.1, 0.15) is 13.0 Å². The maximum absolute atomic E-state index is 11.7. The van der Waals surface area contributed by atoms with E-state index in [0.717, 1.165) is 4.68 Å². The van der Waals surface area contributed by atoms with Crippen molar-refractivity contribution in [3.05, 3.63) is 34.9 Å². The van der Waals surface area contributed by atoms with E-state index in [1.807, 2.05) is 0 Å². The van der Waals surface area contributed by atoms with Crippen molar-refractivity contribution in [1.82, 2.24) is 14.2 Å². The average Bonchev–Trinajstić information content (AvgIpc) is 2.56. The van der Waals surface area contributed by atoms with Crippen LogP contribution in [-0.4, -0.2) is 25.3 Å². The first kappa shape index (κ1) is 9.45. The molecule has 0 fully saturated rings. The zero-order chi connectivity index (χ0) is 11.0. The molecular weight excluding hydrogens is 198 g/mol. The molecule has 1 N–H and O–H groups in total. The van der Waals surface area contributed by atoms with E-state index in [1.54, 1.807) is 24.4 Å². The second-order valence-corrected chi connectivity index (χ2v) is 3.17. The molecule has 0 bridgehead atoms. The SMILES string of the molecule is CC(C(=O)O)n1nc2ccccn2c1=O.